The van der Waals surface area contributed by atoms with Crippen molar-refractivity contribution in [2.45, 2.75) is 44.5 Å². The van der Waals surface area contributed by atoms with E-state index >= 15 is 0 Å². The van der Waals surface area contributed by atoms with Crippen LogP contribution in [0, 0.1) is 6.92 Å². The van der Waals surface area contributed by atoms with E-state index in [0.29, 0.717) is 29.7 Å². The molecule has 9 heteroatoms. The van der Waals surface area contributed by atoms with Crippen LogP contribution in [-0.4, -0.2) is 32.6 Å². The number of hydrogen-bond acceptors (Lipinski definition) is 5. The summed E-state index contributed by atoms with van der Waals surface area (Å²) in [4.78, 5) is 19.8. The van der Waals surface area contributed by atoms with Gasteiger partial charge in [-0.25, -0.2) is 9.97 Å². The lowest BCUT2D eigenvalue weighted by Gasteiger charge is -2.21. The Balaban J connectivity index is 1.81. The Morgan fingerprint density at radius 1 is 1.30 bits per heavy atom. The zero-order valence-corrected chi connectivity index (χ0v) is 14.8. The van der Waals surface area contributed by atoms with E-state index in [4.69, 9.17) is 0 Å². The highest BCUT2D eigenvalue weighted by atomic mass is 19.4. The topological polar surface area (TPSA) is 87.1 Å². The molecule has 0 bridgehead atoms. The van der Waals surface area contributed by atoms with Crippen molar-refractivity contribution < 1.29 is 23.1 Å². The second-order valence-electron chi connectivity index (χ2n) is 6.70. The molecule has 0 radical (unpaired) electrons. The molecule has 1 unspecified atom stereocenters. The Bertz CT molecular complexity index is 864. The number of alkyl halides is 3. The summed E-state index contributed by atoms with van der Waals surface area (Å²) < 4.78 is 38.3. The summed E-state index contributed by atoms with van der Waals surface area (Å²) in [6.07, 6.45) is -2.82. The molecule has 0 spiro atoms. The number of aromatic nitrogens is 2. The van der Waals surface area contributed by atoms with Gasteiger partial charge < -0.3 is 15.7 Å². The van der Waals surface area contributed by atoms with Crippen LogP contribution < -0.4 is 10.6 Å². The Kier molecular flexibility index (Phi) is 4.81. The first-order valence-corrected chi connectivity index (χ1v) is 8.39. The molecule has 1 aromatic heterocycles. The summed E-state index contributed by atoms with van der Waals surface area (Å²) in [5.41, 5.74) is -0.218. The largest absolute Gasteiger partial charge is 0.433 e. The number of rotatable bonds is 5. The van der Waals surface area contributed by atoms with Gasteiger partial charge in [-0.15, -0.1) is 0 Å². The fourth-order valence-electron chi connectivity index (χ4n) is 2.73. The Morgan fingerprint density at radius 3 is 2.59 bits per heavy atom. The number of benzene rings is 1. The Labute approximate surface area is 153 Å². The van der Waals surface area contributed by atoms with Crippen LogP contribution in [0.1, 0.15) is 41.4 Å². The van der Waals surface area contributed by atoms with Gasteiger partial charge >= 0.3 is 6.18 Å². The van der Waals surface area contributed by atoms with Gasteiger partial charge in [-0.1, -0.05) is 6.07 Å². The summed E-state index contributed by atoms with van der Waals surface area (Å²) in [7, 11) is 0. The van der Waals surface area contributed by atoms with Crippen LogP contribution in [0.4, 0.5) is 24.8 Å². The van der Waals surface area contributed by atoms with E-state index in [1.807, 2.05) is 0 Å². The first kappa shape index (κ1) is 19.1. The molecule has 1 aliphatic carbocycles. The van der Waals surface area contributed by atoms with Crippen LogP contribution >= 0.6 is 0 Å². The molecule has 3 rings (SSSR count). The summed E-state index contributed by atoms with van der Waals surface area (Å²) in [5, 5.41) is 15.3. The highest BCUT2D eigenvalue weighted by Gasteiger charge is 2.48. The summed E-state index contributed by atoms with van der Waals surface area (Å²) >= 11 is 0. The second-order valence-corrected chi connectivity index (χ2v) is 6.70. The molecule has 1 atom stereocenters. The molecule has 0 saturated heterocycles. The summed E-state index contributed by atoms with van der Waals surface area (Å²) in [5.74, 6) is -0.567. The van der Waals surface area contributed by atoms with E-state index in [9.17, 15) is 23.1 Å². The first-order valence-electron chi connectivity index (χ1n) is 8.39. The molecule has 6 nitrogen and oxygen atoms in total. The van der Waals surface area contributed by atoms with Gasteiger partial charge in [0.15, 0.2) is 0 Å². The third kappa shape index (κ3) is 4.19. The average molecular weight is 380 g/mol. The minimum absolute atomic E-state index is 0.220. The predicted octanol–water partition coefficient (Wildman–Crippen LogP) is 3.19. The van der Waals surface area contributed by atoms with Gasteiger partial charge in [0.25, 0.3) is 5.91 Å². The standard InChI is InChI=1S/C18H19F3N4O2/c1-10-3-4-12(23-16-22-8-5-14(24-16)18(19,20)21)9-13(10)15(27)25-17(6-7-17)11(2)26/h3-5,8-9,11,26H,6-7H2,1-2H3,(H,25,27)(H,22,23,24). The molecule has 1 amide bonds. The third-order valence-electron chi connectivity index (χ3n) is 4.64. The molecular formula is C18H19F3N4O2. The molecule has 2 aromatic rings. The number of carbonyl (C=O) groups is 1. The fourth-order valence-corrected chi connectivity index (χ4v) is 2.73. The molecular weight excluding hydrogens is 361 g/mol. The van der Waals surface area contributed by atoms with E-state index in [-0.39, 0.29) is 11.9 Å². The molecule has 27 heavy (non-hydrogen) atoms. The van der Waals surface area contributed by atoms with Crippen LogP contribution in [0.25, 0.3) is 0 Å². The predicted molar refractivity (Wildman–Crippen MR) is 92.6 cm³/mol. The van der Waals surface area contributed by atoms with Crippen LogP contribution in [0.5, 0.6) is 0 Å². The second kappa shape index (κ2) is 6.80. The maximum atomic E-state index is 12.8. The summed E-state index contributed by atoms with van der Waals surface area (Å²) in [6.45, 7) is 3.38. The number of aryl methyl sites for hydroxylation is 1. The third-order valence-corrected chi connectivity index (χ3v) is 4.64. The summed E-state index contributed by atoms with van der Waals surface area (Å²) in [6, 6.07) is 5.60. The Morgan fingerprint density at radius 2 is 2.00 bits per heavy atom. The van der Waals surface area contributed by atoms with Crippen LogP contribution in [-0.2, 0) is 6.18 Å². The monoisotopic (exact) mass is 380 g/mol. The number of anilines is 2. The SMILES string of the molecule is Cc1ccc(Nc2nccc(C(F)(F)F)n2)cc1C(=O)NC1(C(C)O)CC1. The number of aliphatic hydroxyl groups excluding tert-OH is 1. The maximum Gasteiger partial charge on any atom is 0.433 e. The van der Waals surface area contributed by atoms with Crippen molar-refractivity contribution in [3.63, 3.8) is 0 Å². The van der Waals surface area contributed by atoms with E-state index in [0.717, 1.165) is 12.3 Å². The van der Waals surface area contributed by atoms with Gasteiger partial charge in [0.1, 0.15) is 5.69 Å². The molecule has 1 saturated carbocycles. The van der Waals surface area contributed by atoms with Crippen LogP contribution in [0.15, 0.2) is 30.5 Å². The quantitative estimate of drug-likeness (QED) is 0.742. The lowest BCUT2D eigenvalue weighted by atomic mass is 10.1. The van der Waals surface area contributed by atoms with Crippen molar-refractivity contribution in [3.8, 4) is 0 Å². The zero-order valence-electron chi connectivity index (χ0n) is 14.8. The van der Waals surface area contributed by atoms with Crippen molar-refractivity contribution in [3.05, 3.63) is 47.3 Å². The van der Waals surface area contributed by atoms with E-state index in [2.05, 4.69) is 20.6 Å². The van der Waals surface area contributed by atoms with E-state index in [1.165, 1.54) is 6.07 Å². The van der Waals surface area contributed by atoms with Gasteiger partial charge in [-0.3, -0.25) is 4.79 Å². The van der Waals surface area contributed by atoms with E-state index in [1.54, 1.807) is 26.0 Å². The smallest absolute Gasteiger partial charge is 0.391 e. The van der Waals surface area contributed by atoms with Crippen molar-refractivity contribution in [1.29, 1.82) is 0 Å². The van der Waals surface area contributed by atoms with Crippen LogP contribution in [0.2, 0.25) is 0 Å². The van der Waals surface area contributed by atoms with Crippen molar-refractivity contribution in [1.82, 2.24) is 15.3 Å². The van der Waals surface area contributed by atoms with Gasteiger partial charge in [0, 0.05) is 17.4 Å². The number of nitrogens with one attached hydrogen (secondary N) is 2. The average Bonchev–Trinajstić information content (AvgIpc) is 3.37. The lowest BCUT2D eigenvalue weighted by Crippen LogP contribution is -2.44. The van der Waals surface area contributed by atoms with Crippen molar-refractivity contribution in [2.75, 3.05) is 5.32 Å². The minimum atomic E-state index is -4.57. The molecule has 3 N–H and O–H groups in total. The molecule has 1 heterocycles. The normalized spacial score (nSPS) is 16.5. The van der Waals surface area contributed by atoms with Crippen LogP contribution in [0.3, 0.4) is 0 Å². The fraction of sp³-hybridized carbons (Fsp3) is 0.389. The first-order chi connectivity index (χ1) is 12.6. The molecule has 1 fully saturated rings. The molecule has 144 valence electrons. The zero-order chi connectivity index (χ0) is 19.8. The van der Waals surface area contributed by atoms with Gasteiger partial charge in [-0.2, -0.15) is 13.2 Å². The molecule has 1 aliphatic rings. The number of halogens is 3. The number of hydrogen-bond donors (Lipinski definition) is 3. The minimum Gasteiger partial charge on any atom is -0.391 e. The highest BCUT2D eigenvalue weighted by molar-refractivity contribution is 5.97. The number of nitrogens with zero attached hydrogens (tertiary/aromatic N) is 2. The number of aliphatic hydroxyl groups is 1. The molecule has 0 aliphatic heterocycles. The Hall–Kier alpha value is -2.68. The van der Waals surface area contributed by atoms with E-state index < -0.39 is 23.5 Å². The highest BCUT2D eigenvalue weighted by Crippen LogP contribution is 2.39. The van der Waals surface area contributed by atoms with Crippen molar-refractivity contribution >= 4 is 17.5 Å². The van der Waals surface area contributed by atoms with Crippen molar-refractivity contribution in [2.24, 2.45) is 0 Å². The van der Waals surface area contributed by atoms with Gasteiger partial charge in [0.2, 0.25) is 5.95 Å². The molecule has 1 aromatic carbocycles. The number of carbonyl (C=O) groups excluding carboxylic acids is 1. The maximum absolute atomic E-state index is 12.8. The number of amides is 1. The lowest BCUT2D eigenvalue weighted by molar-refractivity contribution is -0.141. The van der Waals surface area contributed by atoms with Gasteiger partial charge in [-0.05, 0) is 50.5 Å². The van der Waals surface area contributed by atoms with Gasteiger partial charge in [0.05, 0.1) is 11.6 Å².